The number of nitrogens with one attached hydrogen (secondary N) is 1. The first-order valence-corrected chi connectivity index (χ1v) is 9.09. The fourth-order valence-electron chi connectivity index (χ4n) is 2.80. The zero-order chi connectivity index (χ0) is 16.1. The molecule has 3 rings (SSSR count). The van der Waals surface area contributed by atoms with Crippen molar-refractivity contribution in [2.24, 2.45) is 0 Å². The Morgan fingerprint density at radius 3 is 2.52 bits per heavy atom. The maximum absolute atomic E-state index is 12.3. The van der Waals surface area contributed by atoms with Crippen LogP contribution in [0.2, 0.25) is 0 Å². The standard InChI is InChI=1S/C18H21N3OS/c1-23-16-7-5-14(6-8-16)18(22)20-15-9-12-21(13-10-15)17-4-2-3-11-19-17/h2-8,11,15H,9-10,12-13H2,1H3,(H,20,22). The lowest BCUT2D eigenvalue weighted by Gasteiger charge is -2.33. The highest BCUT2D eigenvalue weighted by atomic mass is 32.2. The number of aromatic nitrogens is 1. The van der Waals surface area contributed by atoms with Gasteiger partial charge in [0.2, 0.25) is 0 Å². The van der Waals surface area contributed by atoms with Gasteiger partial charge in [0.15, 0.2) is 0 Å². The summed E-state index contributed by atoms with van der Waals surface area (Å²) in [5.41, 5.74) is 0.731. The highest BCUT2D eigenvalue weighted by molar-refractivity contribution is 7.98. The Morgan fingerprint density at radius 1 is 1.17 bits per heavy atom. The summed E-state index contributed by atoms with van der Waals surface area (Å²) in [6.45, 7) is 1.85. The monoisotopic (exact) mass is 327 g/mol. The molecule has 0 aliphatic carbocycles. The largest absolute Gasteiger partial charge is 0.356 e. The lowest BCUT2D eigenvalue weighted by Crippen LogP contribution is -2.44. The smallest absolute Gasteiger partial charge is 0.251 e. The van der Waals surface area contributed by atoms with Gasteiger partial charge in [-0.25, -0.2) is 4.98 Å². The SMILES string of the molecule is CSc1ccc(C(=O)NC2CCN(c3ccccn3)CC2)cc1. The van der Waals surface area contributed by atoms with Crippen molar-refractivity contribution in [1.82, 2.24) is 10.3 Å². The maximum atomic E-state index is 12.3. The summed E-state index contributed by atoms with van der Waals surface area (Å²) in [5.74, 6) is 1.04. The Kier molecular flexibility index (Phi) is 5.18. The van der Waals surface area contributed by atoms with Gasteiger partial charge in [-0.1, -0.05) is 6.07 Å². The van der Waals surface area contributed by atoms with E-state index in [9.17, 15) is 4.79 Å². The molecular formula is C18H21N3OS. The van der Waals surface area contributed by atoms with E-state index in [1.807, 2.05) is 54.9 Å². The van der Waals surface area contributed by atoms with Gasteiger partial charge in [-0.3, -0.25) is 4.79 Å². The first-order valence-electron chi connectivity index (χ1n) is 7.87. The third-order valence-corrected chi connectivity index (χ3v) is 4.90. The number of nitrogens with zero attached hydrogens (tertiary/aromatic N) is 2. The molecular weight excluding hydrogens is 306 g/mol. The van der Waals surface area contributed by atoms with Gasteiger partial charge in [-0.05, 0) is 55.5 Å². The Morgan fingerprint density at radius 2 is 1.91 bits per heavy atom. The molecule has 5 heteroatoms. The minimum Gasteiger partial charge on any atom is -0.356 e. The molecule has 23 heavy (non-hydrogen) atoms. The van der Waals surface area contributed by atoms with Crippen LogP contribution >= 0.6 is 11.8 Å². The van der Waals surface area contributed by atoms with Crippen molar-refractivity contribution in [1.29, 1.82) is 0 Å². The summed E-state index contributed by atoms with van der Waals surface area (Å²) < 4.78 is 0. The Hall–Kier alpha value is -2.01. The normalized spacial score (nSPS) is 15.4. The minimum atomic E-state index is 0.0222. The molecule has 1 aliphatic rings. The number of carbonyl (C=O) groups excluding carboxylic acids is 1. The lowest BCUT2D eigenvalue weighted by atomic mass is 10.0. The second kappa shape index (κ2) is 7.51. The van der Waals surface area contributed by atoms with E-state index in [0.717, 1.165) is 37.3 Å². The number of piperidine rings is 1. The highest BCUT2D eigenvalue weighted by Crippen LogP contribution is 2.18. The van der Waals surface area contributed by atoms with Gasteiger partial charge in [0, 0.05) is 35.8 Å². The quantitative estimate of drug-likeness (QED) is 0.876. The molecule has 1 saturated heterocycles. The van der Waals surface area contributed by atoms with Crippen LogP contribution in [0.1, 0.15) is 23.2 Å². The van der Waals surface area contributed by atoms with Crippen molar-refractivity contribution in [2.75, 3.05) is 24.2 Å². The van der Waals surface area contributed by atoms with E-state index >= 15 is 0 Å². The van der Waals surface area contributed by atoms with Gasteiger partial charge < -0.3 is 10.2 Å². The topological polar surface area (TPSA) is 45.2 Å². The highest BCUT2D eigenvalue weighted by Gasteiger charge is 2.21. The van der Waals surface area contributed by atoms with E-state index in [2.05, 4.69) is 15.2 Å². The van der Waals surface area contributed by atoms with E-state index in [1.54, 1.807) is 11.8 Å². The minimum absolute atomic E-state index is 0.0222. The van der Waals surface area contributed by atoms with E-state index < -0.39 is 0 Å². The summed E-state index contributed by atoms with van der Waals surface area (Å²) in [6.07, 6.45) is 5.75. The van der Waals surface area contributed by atoms with Gasteiger partial charge >= 0.3 is 0 Å². The van der Waals surface area contributed by atoms with Crippen molar-refractivity contribution in [3.63, 3.8) is 0 Å². The average Bonchev–Trinajstić information content (AvgIpc) is 2.63. The zero-order valence-electron chi connectivity index (χ0n) is 13.2. The second-order valence-electron chi connectivity index (χ2n) is 5.65. The van der Waals surface area contributed by atoms with E-state index in [1.165, 1.54) is 4.90 Å². The number of pyridine rings is 1. The zero-order valence-corrected chi connectivity index (χ0v) is 14.1. The molecule has 1 N–H and O–H groups in total. The summed E-state index contributed by atoms with van der Waals surface area (Å²) in [6, 6.07) is 14.0. The Labute approximate surface area is 141 Å². The third kappa shape index (κ3) is 4.05. The third-order valence-electron chi connectivity index (χ3n) is 4.16. The molecule has 0 unspecified atom stereocenters. The molecule has 1 aromatic heterocycles. The predicted molar refractivity (Wildman–Crippen MR) is 95.2 cm³/mol. The fraction of sp³-hybridized carbons (Fsp3) is 0.333. The van der Waals surface area contributed by atoms with Crippen LogP contribution in [0.15, 0.2) is 53.6 Å². The molecule has 0 saturated carbocycles. The Bertz CT molecular complexity index is 637. The van der Waals surface area contributed by atoms with Crippen LogP contribution in [-0.4, -0.2) is 36.3 Å². The van der Waals surface area contributed by atoms with Crippen LogP contribution in [0.25, 0.3) is 0 Å². The van der Waals surface area contributed by atoms with Crippen LogP contribution in [-0.2, 0) is 0 Å². The fourth-order valence-corrected chi connectivity index (χ4v) is 3.21. The average molecular weight is 327 g/mol. The van der Waals surface area contributed by atoms with Gasteiger partial charge in [-0.15, -0.1) is 11.8 Å². The molecule has 0 atom stereocenters. The first kappa shape index (κ1) is 15.9. The lowest BCUT2D eigenvalue weighted by molar-refractivity contribution is 0.0931. The molecule has 2 aromatic rings. The number of benzene rings is 1. The summed E-state index contributed by atoms with van der Waals surface area (Å²) in [5, 5.41) is 3.15. The molecule has 0 bridgehead atoms. The van der Waals surface area contributed by atoms with Crippen LogP contribution < -0.4 is 10.2 Å². The predicted octanol–water partition coefficient (Wildman–Crippen LogP) is 3.20. The number of thioether (sulfide) groups is 1. The molecule has 0 spiro atoms. The molecule has 120 valence electrons. The Balaban J connectivity index is 1.53. The van der Waals surface area contributed by atoms with Crippen LogP contribution in [0.5, 0.6) is 0 Å². The van der Waals surface area contributed by atoms with Crippen LogP contribution in [0, 0.1) is 0 Å². The number of amides is 1. The number of hydrogen-bond acceptors (Lipinski definition) is 4. The number of hydrogen-bond donors (Lipinski definition) is 1. The van der Waals surface area contributed by atoms with Gasteiger partial charge in [0.05, 0.1) is 0 Å². The molecule has 2 heterocycles. The molecule has 1 aliphatic heterocycles. The summed E-state index contributed by atoms with van der Waals surface area (Å²) in [4.78, 5) is 20.2. The molecule has 1 amide bonds. The molecule has 4 nitrogen and oxygen atoms in total. The van der Waals surface area contributed by atoms with E-state index in [-0.39, 0.29) is 11.9 Å². The van der Waals surface area contributed by atoms with Crippen molar-refractivity contribution in [3.05, 3.63) is 54.2 Å². The maximum Gasteiger partial charge on any atom is 0.251 e. The first-order chi connectivity index (χ1) is 11.3. The number of carbonyl (C=O) groups is 1. The van der Waals surface area contributed by atoms with Gasteiger partial charge in [0.25, 0.3) is 5.91 Å². The van der Waals surface area contributed by atoms with E-state index in [4.69, 9.17) is 0 Å². The van der Waals surface area contributed by atoms with Crippen molar-refractivity contribution < 1.29 is 4.79 Å². The number of anilines is 1. The van der Waals surface area contributed by atoms with Crippen LogP contribution in [0.4, 0.5) is 5.82 Å². The second-order valence-corrected chi connectivity index (χ2v) is 6.53. The van der Waals surface area contributed by atoms with Crippen molar-refractivity contribution in [3.8, 4) is 0 Å². The van der Waals surface area contributed by atoms with Crippen molar-refractivity contribution in [2.45, 2.75) is 23.8 Å². The van der Waals surface area contributed by atoms with Crippen LogP contribution in [0.3, 0.4) is 0 Å². The summed E-state index contributed by atoms with van der Waals surface area (Å²) >= 11 is 1.68. The van der Waals surface area contributed by atoms with Gasteiger partial charge in [-0.2, -0.15) is 0 Å². The van der Waals surface area contributed by atoms with Crippen molar-refractivity contribution >= 4 is 23.5 Å². The summed E-state index contributed by atoms with van der Waals surface area (Å²) in [7, 11) is 0. The number of rotatable bonds is 4. The van der Waals surface area contributed by atoms with Gasteiger partial charge in [0.1, 0.15) is 5.82 Å². The molecule has 0 radical (unpaired) electrons. The molecule has 1 aromatic carbocycles. The molecule has 1 fully saturated rings. The van der Waals surface area contributed by atoms with E-state index in [0.29, 0.717) is 0 Å².